The van der Waals surface area contributed by atoms with Crippen LogP contribution in [0.15, 0.2) is 24.4 Å². The third-order valence-electron chi connectivity index (χ3n) is 3.34. The summed E-state index contributed by atoms with van der Waals surface area (Å²) in [6.45, 7) is 1.80. The Kier molecular flexibility index (Phi) is 5.80. The van der Waals surface area contributed by atoms with Crippen molar-refractivity contribution in [2.24, 2.45) is 0 Å². The normalized spacial score (nSPS) is 11.1. The van der Waals surface area contributed by atoms with Crippen LogP contribution in [0.2, 0.25) is 0 Å². The molecule has 0 aliphatic heterocycles. The minimum atomic E-state index is -0.678. The zero-order valence-electron chi connectivity index (χ0n) is 13.3. The van der Waals surface area contributed by atoms with Gasteiger partial charge in [-0.15, -0.1) is 0 Å². The van der Waals surface area contributed by atoms with Crippen LogP contribution in [0.1, 0.15) is 5.56 Å². The molecule has 0 atom stereocenters. The van der Waals surface area contributed by atoms with Crippen LogP contribution in [0, 0.1) is 0 Å². The van der Waals surface area contributed by atoms with Gasteiger partial charge in [0, 0.05) is 30.2 Å². The van der Waals surface area contributed by atoms with E-state index in [1.165, 1.54) is 0 Å². The molecule has 2 N–H and O–H groups in total. The molecule has 6 heteroatoms. The molecule has 0 bridgehead atoms. The van der Waals surface area contributed by atoms with E-state index < -0.39 is 6.16 Å². The standard InChI is InChI=1S/C16H23N3O3/c1-17-8-10-21-16(20)22-14-6-4-5-13-15(14)12(11-18-13)7-9-19(2)3/h4-6,11,17-18H,7-10H2,1-3H3. The maximum absolute atomic E-state index is 11.7. The molecule has 0 aliphatic carbocycles. The number of aromatic amines is 1. The van der Waals surface area contributed by atoms with Gasteiger partial charge >= 0.3 is 6.16 Å². The number of nitrogens with one attached hydrogen (secondary N) is 2. The topological polar surface area (TPSA) is 66.6 Å². The van der Waals surface area contributed by atoms with E-state index in [2.05, 4.69) is 15.2 Å². The Morgan fingerprint density at radius 2 is 2.18 bits per heavy atom. The third kappa shape index (κ3) is 4.22. The molecule has 1 aromatic carbocycles. The summed E-state index contributed by atoms with van der Waals surface area (Å²) in [6.07, 6.45) is 2.16. The van der Waals surface area contributed by atoms with Gasteiger partial charge in [0.25, 0.3) is 0 Å². The Labute approximate surface area is 130 Å². The molecular formula is C16H23N3O3. The van der Waals surface area contributed by atoms with Crippen LogP contribution in [0.25, 0.3) is 10.9 Å². The van der Waals surface area contributed by atoms with Crippen LogP contribution in [0.3, 0.4) is 0 Å². The van der Waals surface area contributed by atoms with Gasteiger partial charge in [-0.1, -0.05) is 6.07 Å². The highest BCUT2D eigenvalue weighted by molar-refractivity contribution is 5.90. The third-order valence-corrected chi connectivity index (χ3v) is 3.34. The summed E-state index contributed by atoms with van der Waals surface area (Å²) in [5, 5.41) is 3.85. The maximum atomic E-state index is 11.7. The molecule has 6 nitrogen and oxygen atoms in total. The average molecular weight is 305 g/mol. The minimum absolute atomic E-state index is 0.284. The summed E-state index contributed by atoms with van der Waals surface area (Å²) < 4.78 is 10.4. The van der Waals surface area contributed by atoms with Gasteiger partial charge in [0.05, 0.1) is 0 Å². The van der Waals surface area contributed by atoms with Gasteiger partial charge in [0.1, 0.15) is 12.4 Å². The fourth-order valence-electron chi connectivity index (χ4n) is 2.20. The predicted octanol–water partition coefficient (Wildman–Crippen LogP) is 2.01. The van der Waals surface area contributed by atoms with Crippen LogP contribution in [-0.4, -0.2) is 56.9 Å². The number of rotatable bonds is 7. The van der Waals surface area contributed by atoms with Gasteiger partial charge < -0.3 is 24.7 Å². The zero-order chi connectivity index (χ0) is 15.9. The highest BCUT2D eigenvalue weighted by Crippen LogP contribution is 2.29. The monoisotopic (exact) mass is 305 g/mol. The zero-order valence-corrected chi connectivity index (χ0v) is 13.3. The first-order valence-electron chi connectivity index (χ1n) is 7.34. The number of hydrogen-bond donors (Lipinski definition) is 2. The molecule has 0 unspecified atom stereocenters. The summed E-state index contributed by atoms with van der Waals surface area (Å²) in [5.74, 6) is 0.530. The number of nitrogens with zero attached hydrogens (tertiary/aromatic N) is 1. The Morgan fingerprint density at radius 3 is 2.91 bits per heavy atom. The number of likely N-dealkylation sites (N-methyl/N-ethyl adjacent to an activating group) is 2. The Morgan fingerprint density at radius 1 is 1.36 bits per heavy atom. The van der Waals surface area contributed by atoms with Crippen molar-refractivity contribution in [3.63, 3.8) is 0 Å². The number of fused-ring (bicyclic) bond motifs is 1. The van der Waals surface area contributed by atoms with Gasteiger partial charge in [-0.3, -0.25) is 0 Å². The SMILES string of the molecule is CNCCOC(=O)Oc1cccc2[nH]cc(CCN(C)C)c12. The maximum Gasteiger partial charge on any atom is 0.513 e. The van der Waals surface area contributed by atoms with E-state index in [0.29, 0.717) is 12.3 Å². The van der Waals surface area contributed by atoms with E-state index in [-0.39, 0.29) is 6.61 Å². The van der Waals surface area contributed by atoms with Crippen molar-refractivity contribution in [1.29, 1.82) is 0 Å². The molecule has 1 heterocycles. The number of H-pyrrole nitrogens is 1. The van der Waals surface area contributed by atoms with Crippen LogP contribution in [0.4, 0.5) is 4.79 Å². The van der Waals surface area contributed by atoms with Crippen LogP contribution < -0.4 is 10.1 Å². The number of aromatic nitrogens is 1. The van der Waals surface area contributed by atoms with E-state index in [0.717, 1.165) is 29.4 Å². The summed E-state index contributed by atoms with van der Waals surface area (Å²) in [6, 6.07) is 5.60. The smallest absolute Gasteiger partial charge is 0.433 e. The Balaban J connectivity index is 2.14. The van der Waals surface area contributed by atoms with E-state index in [1.807, 2.05) is 32.4 Å². The lowest BCUT2D eigenvalue weighted by atomic mass is 10.1. The molecule has 2 aromatic rings. The second-order valence-electron chi connectivity index (χ2n) is 5.35. The largest absolute Gasteiger partial charge is 0.513 e. The molecule has 1 aromatic heterocycles. The predicted molar refractivity (Wildman–Crippen MR) is 86.5 cm³/mol. The van der Waals surface area contributed by atoms with Crippen LogP contribution >= 0.6 is 0 Å². The number of benzene rings is 1. The van der Waals surface area contributed by atoms with Crippen molar-refractivity contribution in [3.05, 3.63) is 30.0 Å². The van der Waals surface area contributed by atoms with Crippen LogP contribution in [0.5, 0.6) is 5.75 Å². The van der Waals surface area contributed by atoms with Gasteiger partial charge in [0.15, 0.2) is 0 Å². The number of hydrogen-bond acceptors (Lipinski definition) is 5. The van der Waals surface area contributed by atoms with Crippen molar-refractivity contribution in [3.8, 4) is 5.75 Å². The fraction of sp³-hybridized carbons (Fsp3) is 0.438. The van der Waals surface area contributed by atoms with E-state index in [4.69, 9.17) is 9.47 Å². The Hall–Kier alpha value is -2.05. The summed E-state index contributed by atoms with van der Waals surface area (Å²) in [7, 11) is 5.86. The molecule has 0 spiro atoms. The minimum Gasteiger partial charge on any atom is -0.433 e. The highest BCUT2D eigenvalue weighted by Gasteiger charge is 2.13. The lowest BCUT2D eigenvalue weighted by molar-refractivity contribution is 0.101. The van der Waals surface area contributed by atoms with Crippen molar-refractivity contribution >= 4 is 17.1 Å². The number of ether oxygens (including phenoxy) is 2. The molecule has 0 saturated heterocycles. The van der Waals surface area contributed by atoms with Gasteiger partial charge in [-0.25, -0.2) is 4.79 Å². The molecule has 120 valence electrons. The lowest BCUT2D eigenvalue weighted by Crippen LogP contribution is -2.19. The van der Waals surface area contributed by atoms with E-state index in [9.17, 15) is 4.79 Å². The molecule has 22 heavy (non-hydrogen) atoms. The quantitative estimate of drug-likeness (QED) is 0.465. The lowest BCUT2D eigenvalue weighted by Gasteiger charge is -2.10. The molecule has 0 amide bonds. The molecule has 0 aliphatic rings. The van der Waals surface area contributed by atoms with E-state index in [1.54, 1.807) is 13.1 Å². The van der Waals surface area contributed by atoms with Crippen molar-refractivity contribution in [2.45, 2.75) is 6.42 Å². The summed E-state index contributed by atoms with van der Waals surface area (Å²) >= 11 is 0. The number of carbonyl (C=O) groups is 1. The van der Waals surface area contributed by atoms with E-state index >= 15 is 0 Å². The number of carbonyl (C=O) groups excluding carboxylic acids is 1. The second-order valence-corrected chi connectivity index (χ2v) is 5.35. The second kappa shape index (κ2) is 7.82. The van der Waals surface area contributed by atoms with Gasteiger partial charge in [-0.2, -0.15) is 0 Å². The first-order valence-corrected chi connectivity index (χ1v) is 7.34. The fourth-order valence-corrected chi connectivity index (χ4v) is 2.20. The molecule has 0 fully saturated rings. The Bertz CT molecular complexity index is 622. The average Bonchev–Trinajstić information content (AvgIpc) is 2.89. The summed E-state index contributed by atoms with van der Waals surface area (Å²) in [4.78, 5) is 17.1. The van der Waals surface area contributed by atoms with Crippen molar-refractivity contribution in [1.82, 2.24) is 15.2 Å². The van der Waals surface area contributed by atoms with Gasteiger partial charge in [-0.05, 0) is 45.3 Å². The van der Waals surface area contributed by atoms with Crippen molar-refractivity contribution in [2.75, 3.05) is 40.8 Å². The highest BCUT2D eigenvalue weighted by atomic mass is 16.7. The van der Waals surface area contributed by atoms with Crippen LogP contribution in [-0.2, 0) is 11.2 Å². The first-order chi connectivity index (χ1) is 10.6. The molecular weight excluding hydrogens is 282 g/mol. The first kappa shape index (κ1) is 16.3. The van der Waals surface area contributed by atoms with Crippen molar-refractivity contribution < 1.29 is 14.3 Å². The summed E-state index contributed by atoms with van der Waals surface area (Å²) in [5.41, 5.74) is 2.08. The molecule has 0 saturated carbocycles. The van der Waals surface area contributed by atoms with Gasteiger partial charge in [0.2, 0.25) is 0 Å². The molecule has 0 radical (unpaired) electrons. The molecule has 2 rings (SSSR count).